The topological polar surface area (TPSA) is 75.6 Å². The van der Waals surface area contributed by atoms with E-state index in [1.165, 1.54) is 22.8 Å². The minimum absolute atomic E-state index is 0.0827. The molecule has 1 aliphatic rings. The van der Waals surface area contributed by atoms with E-state index in [1.54, 1.807) is 6.92 Å². The Hall–Kier alpha value is -2.39. The standard InChI is InChI=1S/C23H24Cl2N4O3S/c1-3-32-18-6-4-17(5-7-18)21-14-23(27-15-26-21)28-8-10-29(11-9-28)33(30,31)22-12-16(2)19(24)13-20(22)25/h4-7,12-15H,3,8-11H2,1-2H3. The summed E-state index contributed by atoms with van der Waals surface area (Å²) in [5, 5.41) is 0.569. The number of nitrogens with zero attached hydrogens (tertiary/aromatic N) is 4. The maximum Gasteiger partial charge on any atom is 0.244 e. The third kappa shape index (κ3) is 5.09. The maximum atomic E-state index is 13.2. The molecular weight excluding hydrogens is 483 g/mol. The predicted octanol–water partition coefficient (Wildman–Crippen LogP) is 4.67. The van der Waals surface area contributed by atoms with Gasteiger partial charge in [-0.3, -0.25) is 0 Å². The van der Waals surface area contributed by atoms with Gasteiger partial charge in [-0.15, -0.1) is 0 Å². The summed E-state index contributed by atoms with van der Waals surface area (Å²) in [7, 11) is -3.73. The molecule has 0 N–H and O–H groups in total. The van der Waals surface area contributed by atoms with E-state index in [2.05, 4.69) is 14.9 Å². The molecule has 1 saturated heterocycles. The number of hydrogen-bond acceptors (Lipinski definition) is 6. The van der Waals surface area contributed by atoms with Crippen molar-refractivity contribution in [2.24, 2.45) is 0 Å². The first kappa shape index (κ1) is 23.8. The number of benzene rings is 2. The van der Waals surface area contributed by atoms with E-state index in [0.29, 0.717) is 43.4 Å². The highest BCUT2D eigenvalue weighted by atomic mass is 35.5. The lowest BCUT2D eigenvalue weighted by molar-refractivity contribution is 0.340. The number of hydrogen-bond donors (Lipinski definition) is 0. The Kier molecular flexibility index (Phi) is 7.09. The van der Waals surface area contributed by atoms with E-state index in [0.717, 1.165) is 22.8 Å². The van der Waals surface area contributed by atoms with Crippen molar-refractivity contribution in [2.75, 3.05) is 37.7 Å². The number of rotatable bonds is 6. The minimum Gasteiger partial charge on any atom is -0.494 e. The number of sulfonamides is 1. The number of piperazine rings is 1. The van der Waals surface area contributed by atoms with Crippen LogP contribution >= 0.6 is 23.2 Å². The van der Waals surface area contributed by atoms with Gasteiger partial charge in [0.05, 0.1) is 17.3 Å². The average Bonchev–Trinajstić information content (AvgIpc) is 2.82. The normalized spacial score (nSPS) is 15.0. The zero-order chi connectivity index (χ0) is 23.6. The van der Waals surface area contributed by atoms with Gasteiger partial charge in [-0.05, 0) is 55.8 Å². The first-order valence-corrected chi connectivity index (χ1v) is 12.7. The van der Waals surface area contributed by atoms with Crippen molar-refractivity contribution in [2.45, 2.75) is 18.7 Å². The summed E-state index contributed by atoms with van der Waals surface area (Å²) in [5.74, 6) is 1.56. The molecule has 0 radical (unpaired) electrons. The van der Waals surface area contributed by atoms with Gasteiger partial charge in [0, 0.05) is 42.8 Å². The van der Waals surface area contributed by atoms with Gasteiger partial charge < -0.3 is 9.64 Å². The first-order chi connectivity index (χ1) is 15.8. The lowest BCUT2D eigenvalue weighted by Gasteiger charge is -2.34. The second kappa shape index (κ2) is 9.85. The Morgan fingerprint density at radius 2 is 1.67 bits per heavy atom. The number of anilines is 1. The van der Waals surface area contributed by atoms with Crippen LogP contribution in [0, 0.1) is 6.92 Å². The third-order valence-electron chi connectivity index (χ3n) is 5.51. The molecule has 10 heteroatoms. The van der Waals surface area contributed by atoms with Crippen molar-refractivity contribution >= 4 is 39.0 Å². The second-order valence-corrected chi connectivity index (χ2v) is 10.4. The van der Waals surface area contributed by atoms with Crippen LogP contribution in [-0.4, -0.2) is 55.5 Å². The molecule has 0 bridgehead atoms. The molecule has 0 atom stereocenters. The van der Waals surface area contributed by atoms with Gasteiger partial charge >= 0.3 is 0 Å². The van der Waals surface area contributed by atoms with Crippen molar-refractivity contribution in [1.82, 2.24) is 14.3 Å². The Bertz CT molecular complexity index is 1250. The number of ether oxygens (including phenoxy) is 1. The minimum atomic E-state index is -3.73. The van der Waals surface area contributed by atoms with Crippen LogP contribution in [0.4, 0.5) is 5.82 Å². The summed E-state index contributed by atoms with van der Waals surface area (Å²) >= 11 is 12.3. The fourth-order valence-corrected chi connectivity index (χ4v) is 5.92. The van der Waals surface area contributed by atoms with Crippen molar-refractivity contribution < 1.29 is 13.2 Å². The predicted molar refractivity (Wildman–Crippen MR) is 131 cm³/mol. The molecular formula is C23H24Cl2N4O3S. The Morgan fingerprint density at radius 3 is 2.33 bits per heavy atom. The maximum absolute atomic E-state index is 13.2. The summed E-state index contributed by atoms with van der Waals surface area (Å²) in [6.07, 6.45) is 1.53. The van der Waals surface area contributed by atoms with Crippen molar-refractivity contribution in [3.8, 4) is 17.0 Å². The molecule has 0 spiro atoms. The molecule has 33 heavy (non-hydrogen) atoms. The Morgan fingerprint density at radius 1 is 0.970 bits per heavy atom. The lowest BCUT2D eigenvalue weighted by atomic mass is 10.1. The molecule has 174 valence electrons. The zero-order valence-corrected chi connectivity index (χ0v) is 20.7. The highest BCUT2D eigenvalue weighted by molar-refractivity contribution is 7.89. The highest BCUT2D eigenvalue weighted by Gasteiger charge is 2.31. The molecule has 2 heterocycles. The fourth-order valence-electron chi connectivity index (χ4n) is 3.69. The molecule has 2 aromatic carbocycles. The molecule has 0 unspecified atom stereocenters. The van der Waals surface area contributed by atoms with Crippen LogP contribution in [0.25, 0.3) is 11.3 Å². The lowest BCUT2D eigenvalue weighted by Crippen LogP contribution is -2.49. The molecule has 0 amide bonds. The van der Waals surface area contributed by atoms with Gasteiger partial charge in [0.25, 0.3) is 0 Å². The van der Waals surface area contributed by atoms with E-state index in [9.17, 15) is 8.42 Å². The first-order valence-electron chi connectivity index (χ1n) is 10.6. The summed E-state index contributed by atoms with van der Waals surface area (Å²) in [5.41, 5.74) is 2.42. The van der Waals surface area contributed by atoms with Gasteiger partial charge in [-0.1, -0.05) is 23.2 Å². The van der Waals surface area contributed by atoms with Crippen molar-refractivity contribution in [3.63, 3.8) is 0 Å². The van der Waals surface area contributed by atoms with Gasteiger partial charge in [0.2, 0.25) is 10.0 Å². The monoisotopic (exact) mass is 506 g/mol. The number of aryl methyl sites for hydroxylation is 1. The van der Waals surface area contributed by atoms with E-state index < -0.39 is 10.0 Å². The summed E-state index contributed by atoms with van der Waals surface area (Å²) in [4.78, 5) is 10.9. The van der Waals surface area contributed by atoms with Crippen LogP contribution in [0.1, 0.15) is 12.5 Å². The van der Waals surface area contributed by atoms with E-state index in [-0.39, 0.29) is 9.92 Å². The average molecular weight is 507 g/mol. The third-order valence-corrected chi connectivity index (χ3v) is 8.28. The molecule has 1 aliphatic heterocycles. The van der Waals surface area contributed by atoms with Crippen LogP contribution in [-0.2, 0) is 10.0 Å². The van der Waals surface area contributed by atoms with E-state index in [1.807, 2.05) is 37.3 Å². The molecule has 1 fully saturated rings. The SMILES string of the molecule is CCOc1ccc(-c2cc(N3CCN(S(=O)(=O)c4cc(C)c(Cl)cc4Cl)CC3)ncn2)cc1. The second-order valence-electron chi connectivity index (χ2n) is 7.64. The smallest absolute Gasteiger partial charge is 0.244 e. The van der Waals surface area contributed by atoms with Gasteiger partial charge in [-0.25, -0.2) is 18.4 Å². The quantitative estimate of drug-likeness (QED) is 0.483. The van der Waals surface area contributed by atoms with Crippen LogP contribution in [0.2, 0.25) is 10.0 Å². The van der Waals surface area contributed by atoms with Crippen LogP contribution in [0.3, 0.4) is 0 Å². The van der Waals surface area contributed by atoms with E-state index in [4.69, 9.17) is 27.9 Å². The number of halogens is 2. The van der Waals surface area contributed by atoms with Gasteiger partial charge in [-0.2, -0.15) is 4.31 Å². The van der Waals surface area contributed by atoms with Gasteiger partial charge in [0.15, 0.2) is 0 Å². The van der Waals surface area contributed by atoms with Crippen LogP contribution in [0.15, 0.2) is 53.7 Å². The van der Waals surface area contributed by atoms with Crippen molar-refractivity contribution in [3.05, 3.63) is 64.4 Å². The molecule has 1 aromatic heterocycles. The molecule has 4 rings (SSSR count). The summed E-state index contributed by atoms with van der Waals surface area (Å²) in [6.45, 7) is 5.97. The summed E-state index contributed by atoms with van der Waals surface area (Å²) in [6, 6.07) is 12.7. The van der Waals surface area contributed by atoms with Crippen LogP contribution < -0.4 is 9.64 Å². The molecule has 7 nitrogen and oxygen atoms in total. The zero-order valence-electron chi connectivity index (χ0n) is 18.3. The Labute approximate surface area is 204 Å². The molecule has 0 aliphatic carbocycles. The summed E-state index contributed by atoms with van der Waals surface area (Å²) < 4.78 is 33.3. The van der Waals surface area contributed by atoms with Crippen LogP contribution in [0.5, 0.6) is 5.75 Å². The molecule has 3 aromatic rings. The largest absolute Gasteiger partial charge is 0.494 e. The van der Waals surface area contributed by atoms with E-state index >= 15 is 0 Å². The Balaban J connectivity index is 1.48. The van der Waals surface area contributed by atoms with Gasteiger partial charge in [0.1, 0.15) is 22.8 Å². The highest BCUT2D eigenvalue weighted by Crippen LogP contribution is 2.31. The molecule has 0 saturated carbocycles. The number of aromatic nitrogens is 2. The van der Waals surface area contributed by atoms with Crippen molar-refractivity contribution in [1.29, 1.82) is 0 Å². The fraction of sp³-hybridized carbons (Fsp3) is 0.304.